The number of aromatic nitrogens is 1. The maximum absolute atomic E-state index is 5.73. The van der Waals surface area contributed by atoms with Crippen molar-refractivity contribution in [3.8, 4) is 11.6 Å². The van der Waals surface area contributed by atoms with Gasteiger partial charge >= 0.3 is 0 Å². The molecule has 0 saturated carbocycles. The SMILES string of the molecule is COc1cccc(COc2cc(N)ccc2C)n1. The highest BCUT2D eigenvalue weighted by Gasteiger charge is 2.02. The fourth-order valence-corrected chi connectivity index (χ4v) is 1.58. The second-order valence-corrected chi connectivity index (χ2v) is 3.98. The minimum atomic E-state index is 0.390. The number of benzene rings is 1. The number of rotatable bonds is 4. The summed E-state index contributed by atoms with van der Waals surface area (Å²) in [5.74, 6) is 1.36. The fourth-order valence-electron chi connectivity index (χ4n) is 1.58. The van der Waals surface area contributed by atoms with E-state index in [0.717, 1.165) is 17.0 Å². The molecule has 0 amide bonds. The predicted molar refractivity (Wildman–Crippen MR) is 70.7 cm³/mol. The Hall–Kier alpha value is -2.23. The third-order valence-corrected chi connectivity index (χ3v) is 2.58. The maximum Gasteiger partial charge on any atom is 0.213 e. The van der Waals surface area contributed by atoms with E-state index in [1.807, 2.05) is 37.3 Å². The van der Waals surface area contributed by atoms with E-state index in [0.29, 0.717) is 18.2 Å². The van der Waals surface area contributed by atoms with Gasteiger partial charge in [-0.05, 0) is 24.6 Å². The molecular formula is C14H16N2O2. The maximum atomic E-state index is 5.73. The van der Waals surface area contributed by atoms with Crippen LogP contribution in [-0.2, 0) is 6.61 Å². The monoisotopic (exact) mass is 244 g/mol. The first-order valence-corrected chi connectivity index (χ1v) is 5.68. The normalized spacial score (nSPS) is 10.1. The van der Waals surface area contributed by atoms with Crippen molar-refractivity contribution in [2.75, 3.05) is 12.8 Å². The second-order valence-electron chi connectivity index (χ2n) is 3.98. The van der Waals surface area contributed by atoms with Gasteiger partial charge < -0.3 is 15.2 Å². The highest BCUT2D eigenvalue weighted by molar-refractivity contribution is 5.47. The Balaban J connectivity index is 2.08. The minimum Gasteiger partial charge on any atom is -0.487 e. The van der Waals surface area contributed by atoms with Crippen molar-refractivity contribution in [3.63, 3.8) is 0 Å². The standard InChI is InChI=1S/C14H16N2O2/c1-10-6-7-11(15)8-13(10)18-9-12-4-3-5-14(16-12)17-2/h3-8H,9,15H2,1-2H3. The van der Waals surface area contributed by atoms with E-state index in [4.69, 9.17) is 15.2 Å². The number of pyridine rings is 1. The predicted octanol–water partition coefficient (Wildman–Crippen LogP) is 2.56. The van der Waals surface area contributed by atoms with Crippen molar-refractivity contribution >= 4 is 5.69 Å². The Morgan fingerprint density at radius 2 is 2.06 bits per heavy atom. The van der Waals surface area contributed by atoms with Crippen LogP contribution in [0.3, 0.4) is 0 Å². The van der Waals surface area contributed by atoms with Crippen LogP contribution in [0.4, 0.5) is 5.69 Å². The number of nitrogens with two attached hydrogens (primary N) is 1. The van der Waals surface area contributed by atoms with Crippen LogP contribution in [0.25, 0.3) is 0 Å². The summed E-state index contributed by atoms with van der Waals surface area (Å²) in [6.07, 6.45) is 0. The van der Waals surface area contributed by atoms with Crippen LogP contribution in [0.15, 0.2) is 36.4 Å². The van der Waals surface area contributed by atoms with Gasteiger partial charge in [0.2, 0.25) is 5.88 Å². The molecule has 0 unspecified atom stereocenters. The van der Waals surface area contributed by atoms with E-state index >= 15 is 0 Å². The molecule has 0 atom stereocenters. The van der Waals surface area contributed by atoms with Gasteiger partial charge in [-0.15, -0.1) is 0 Å². The van der Waals surface area contributed by atoms with Crippen molar-refractivity contribution in [1.82, 2.24) is 4.98 Å². The molecule has 4 heteroatoms. The van der Waals surface area contributed by atoms with Crippen LogP contribution >= 0.6 is 0 Å². The van der Waals surface area contributed by atoms with Gasteiger partial charge in [0.05, 0.1) is 12.8 Å². The van der Waals surface area contributed by atoms with Gasteiger partial charge in [-0.2, -0.15) is 0 Å². The molecule has 0 aliphatic rings. The second kappa shape index (κ2) is 5.40. The lowest BCUT2D eigenvalue weighted by Crippen LogP contribution is -2.01. The molecule has 0 radical (unpaired) electrons. The third-order valence-electron chi connectivity index (χ3n) is 2.58. The molecule has 0 saturated heterocycles. The lowest BCUT2D eigenvalue weighted by molar-refractivity contribution is 0.296. The highest BCUT2D eigenvalue weighted by Crippen LogP contribution is 2.21. The van der Waals surface area contributed by atoms with Crippen molar-refractivity contribution in [3.05, 3.63) is 47.7 Å². The molecule has 2 rings (SSSR count). The molecule has 2 N–H and O–H groups in total. The number of ether oxygens (including phenoxy) is 2. The largest absolute Gasteiger partial charge is 0.487 e. The van der Waals surface area contributed by atoms with Crippen LogP contribution in [-0.4, -0.2) is 12.1 Å². The first kappa shape index (κ1) is 12.2. The van der Waals surface area contributed by atoms with Crippen LogP contribution in [0.1, 0.15) is 11.3 Å². The summed E-state index contributed by atoms with van der Waals surface area (Å²) in [5.41, 5.74) is 8.28. The zero-order chi connectivity index (χ0) is 13.0. The first-order valence-electron chi connectivity index (χ1n) is 5.68. The molecule has 0 spiro atoms. The molecule has 18 heavy (non-hydrogen) atoms. The van der Waals surface area contributed by atoms with Gasteiger partial charge in [-0.25, -0.2) is 4.98 Å². The summed E-state index contributed by atoms with van der Waals surface area (Å²) in [7, 11) is 1.59. The van der Waals surface area contributed by atoms with E-state index < -0.39 is 0 Å². The summed E-state index contributed by atoms with van der Waals surface area (Å²) in [5, 5.41) is 0. The van der Waals surface area contributed by atoms with Crippen molar-refractivity contribution in [2.24, 2.45) is 0 Å². The zero-order valence-corrected chi connectivity index (χ0v) is 10.5. The number of nitrogen functional groups attached to an aromatic ring is 1. The van der Waals surface area contributed by atoms with Crippen molar-refractivity contribution in [2.45, 2.75) is 13.5 Å². The van der Waals surface area contributed by atoms with Gasteiger partial charge in [-0.3, -0.25) is 0 Å². The number of hydrogen-bond donors (Lipinski definition) is 1. The van der Waals surface area contributed by atoms with E-state index in [1.165, 1.54) is 0 Å². The Labute approximate surface area is 106 Å². The number of aryl methyl sites for hydroxylation is 1. The Bertz CT molecular complexity index is 541. The quantitative estimate of drug-likeness (QED) is 0.840. The molecule has 0 aliphatic heterocycles. The average Bonchev–Trinajstić information content (AvgIpc) is 2.40. The van der Waals surface area contributed by atoms with Crippen molar-refractivity contribution in [1.29, 1.82) is 0 Å². The molecule has 0 fully saturated rings. The number of nitrogens with zero attached hydrogens (tertiary/aromatic N) is 1. The third kappa shape index (κ3) is 2.91. The minimum absolute atomic E-state index is 0.390. The molecule has 94 valence electrons. The topological polar surface area (TPSA) is 57.4 Å². The van der Waals surface area contributed by atoms with E-state index in [-0.39, 0.29) is 0 Å². The molecule has 1 aromatic carbocycles. The van der Waals surface area contributed by atoms with Gasteiger partial charge in [0.25, 0.3) is 0 Å². The van der Waals surface area contributed by atoms with Gasteiger partial charge in [0, 0.05) is 17.8 Å². The van der Waals surface area contributed by atoms with Crippen LogP contribution < -0.4 is 15.2 Å². The summed E-state index contributed by atoms with van der Waals surface area (Å²) in [6.45, 7) is 2.37. The number of methoxy groups -OCH3 is 1. The summed E-state index contributed by atoms with van der Waals surface area (Å²) >= 11 is 0. The molecule has 0 bridgehead atoms. The number of hydrogen-bond acceptors (Lipinski definition) is 4. The Morgan fingerprint density at radius 3 is 2.83 bits per heavy atom. The molecule has 1 heterocycles. The summed E-state index contributed by atoms with van der Waals surface area (Å²) < 4.78 is 10.8. The van der Waals surface area contributed by atoms with Gasteiger partial charge in [-0.1, -0.05) is 12.1 Å². The smallest absolute Gasteiger partial charge is 0.213 e. The van der Waals surface area contributed by atoms with Gasteiger partial charge in [0.15, 0.2) is 0 Å². The Kier molecular flexibility index (Phi) is 3.67. The molecule has 4 nitrogen and oxygen atoms in total. The molecule has 1 aromatic heterocycles. The van der Waals surface area contributed by atoms with E-state index in [9.17, 15) is 0 Å². The van der Waals surface area contributed by atoms with Crippen LogP contribution in [0.2, 0.25) is 0 Å². The number of anilines is 1. The average molecular weight is 244 g/mol. The first-order chi connectivity index (χ1) is 8.69. The zero-order valence-electron chi connectivity index (χ0n) is 10.5. The lowest BCUT2D eigenvalue weighted by atomic mass is 10.2. The van der Waals surface area contributed by atoms with Gasteiger partial charge in [0.1, 0.15) is 12.4 Å². The Morgan fingerprint density at radius 1 is 1.22 bits per heavy atom. The molecular weight excluding hydrogens is 228 g/mol. The van der Waals surface area contributed by atoms with E-state index in [2.05, 4.69) is 4.98 Å². The van der Waals surface area contributed by atoms with Crippen LogP contribution in [0.5, 0.6) is 11.6 Å². The summed E-state index contributed by atoms with van der Waals surface area (Å²) in [6, 6.07) is 11.2. The van der Waals surface area contributed by atoms with Crippen molar-refractivity contribution < 1.29 is 9.47 Å². The molecule has 0 aliphatic carbocycles. The lowest BCUT2D eigenvalue weighted by Gasteiger charge is -2.10. The highest BCUT2D eigenvalue weighted by atomic mass is 16.5. The fraction of sp³-hybridized carbons (Fsp3) is 0.214. The molecule has 2 aromatic rings. The van der Waals surface area contributed by atoms with Crippen LogP contribution in [0, 0.1) is 6.92 Å². The summed E-state index contributed by atoms with van der Waals surface area (Å²) in [4.78, 5) is 4.28. The van der Waals surface area contributed by atoms with E-state index in [1.54, 1.807) is 13.2 Å².